The number of rotatable bonds is 1. The van der Waals surface area contributed by atoms with Gasteiger partial charge in [0.05, 0.1) is 6.04 Å². The third-order valence-electron chi connectivity index (χ3n) is 2.55. The van der Waals surface area contributed by atoms with Crippen LogP contribution in [0.1, 0.15) is 30.9 Å². The van der Waals surface area contributed by atoms with E-state index in [2.05, 4.69) is 34.7 Å². The molecule has 0 radical (unpaired) electrons. The predicted octanol–water partition coefficient (Wildman–Crippen LogP) is 1.77. The van der Waals surface area contributed by atoms with E-state index < -0.39 is 0 Å². The number of aliphatic imine (C=N–C) groups is 1. The summed E-state index contributed by atoms with van der Waals surface area (Å²) in [7, 11) is 0. The van der Waals surface area contributed by atoms with Crippen molar-refractivity contribution >= 4 is 5.84 Å². The van der Waals surface area contributed by atoms with Crippen LogP contribution in [0.4, 0.5) is 0 Å². The van der Waals surface area contributed by atoms with Crippen molar-refractivity contribution in [3.05, 3.63) is 35.9 Å². The maximum atomic E-state index is 5.36. The molecule has 0 fully saturated rings. The molecule has 14 heavy (non-hydrogen) atoms. The number of hydrogen-bond acceptors (Lipinski definition) is 3. The summed E-state index contributed by atoms with van der Waals surface area (Å²) in [4.78, 5) is 4.55. The molecule has 0 bridgehead atoms. The van der Waals surface area contributed by atoms with E-state index in [1.54, 1.807) is 0 Å². The number of hydrogen-bond donors (Lipinski definition) is 2. The molecule has 3 N–H and O–H groups in total. The van der Waals surface area contributed by atoms with Gasteiger partial charge in [0.2, 0.25) is 0 Å². The summed E-state index contributed by atoms with van der Waals surface area (Å²) in [5, 5.41) is 0. The van der Waals surface area contributed by atoms with Crippen molar-refractivity contribution in [2.24, 2.45) is 10.8 Å². The fourth-order valence-corrected chi connectivity index (χ4v) is 1.81. The van der Waals surface area contributed by atoms with E-state index in [4.69, 9.17) is 5.84 Å². The van der Waals surface area contributed by atoms with Crippen LogP contribution in [-0.2, 0) is 0 Å². The van der Waals surface area contributed by atoms with E-state index >= 15 is 0 Å². The molecule has 0 unspecified atom stereocenters. The number of nitrogens with zero attached hydrogens (tertiary/aromatic N) is 1. The lowest BCUT2D eigenvalue weighted by atomic mass is 9.99. The largest absolute Gasteiger partial charge is 0.312 e. The van der Waals surface area contributed by atoms with Gasteiger partial charge < -0.3 is 5.43 Å². The van der Waals surface area contributed by atoms with Crippen molar-refractivity contribution in [2.75, 3.05) is 0 Å². The summed E-state index contributed by atoms with van der Waals surface area (Å²) in [5.41, 5.74) is 3.93. The van der Waals surface area contributed by atoms with Gasteiger partial charge in [0.1, 0.15) is 5.84 Å². The molecule has 0 aromatic heterocycles. The highest BCUT2D eigenvalue weighted by Gasteiger charge is 2.15. The molecule has 0 amide bonds. The van der Waals surface area contributed by atoms with Crippen molar-refractivity contribution in [1.82, 2.24) is 5.43 Å². The Hall–Kier alpha value is -1.35. The SMILES string of the molecule is NNC1=N[C@@H](c2ccccc2)CCC1. The Balaban J connectivity index is 2.19. The first-order valence-electron chi connectivity index (χ1n) is 4.98. The molecule has 1 heterocycles. The maximum absolute atomic E-state index is 5.36. The van der Waals surface area contributed by atoms with E-state index in [1.165, 1.54) is 5.56 Å². The molecule has 1 aliphatic rings. The summed E-state index contributed by atoms with van der Waals surface area (Å²) in [6.07, 6.45) is 3.25. The molecule has 0 aliphatic carbocycles. The number of amidine groups is 1. The van der Waals surface area contributed by atoms with Crippen LogP contribution < -0.4 is 11.3 Å². The normalized spacial score (nSPS) is 21.5. The molecule has 1 aromatic rings. The molecule has 74 valence electrons. The molecule has 2 rings (SSSR count). The summed E-state index contributed by atoms with van der Waals surface area (Å²) in [5.74, 6) is 6.28. The minimum absolute atomic E-state index is 0.288. The molecule has 1 atom stereocenters. The topological polar surface area (TPSA) is 50.4 Å². The minimum atomic E-state index is 0.288. The van der Waals surface area contributed by atoms with Crippen LogP contribution in [0.25, 0.3) is 0 Å². The van der Waals surface area contributed by atoms with Crippen molar-refractivity contribution in [3.63, 3.8) is 0 Å². The molecule has 3 nitrogen and oxygen atoms in total. The second-order valence-corrected chi connectivity index (χ2v) is 3.54. The lowest BCUT2D eigenvalue weighted by molar-refractivity contribution is 0.585. The number of hydrazine groups is 1. The van der Waals surface area contributed by atoms with Gasteiger partial charge in [-0.15, -0.1) is 0 Å². The van der Waals surface area contributed by atoms with Crippen molar-refractivity contribution in [2.45, 2.75) is 25.3 Å². The van der Waals surface area contributed by atoms with Gasteiger partial charge >= 0.3 is 0 Å². The fourth-order valence-electron chi connectivity index (χ4n) is 1.81. The van der Waals surface area contributed by atoms with Gasteiger partial charge in [-0.2, -0.15) is 0 Å². The quantitative estimate of drug-likeness (QED) is 0.522. The highest BCUT2D eigenvalue weighted by molar-refractivity contribution is 5.82. The van der Waals surface area contributed by atoms with E-state index in [1.807, 2.05) is 6.07 Å². The Morgan fingerprint density at radius 3 is 2.79 bits per heavy atom. The Labute approximate surface area is 84.0 Å². The summed E-state index contributed by atoms with van der Waals surface area (Å²) in [6, 6.07) is 10.7. The van der Waals surface area contributed by atoms with Gasteiger partial charge in [0.15, 0.2) is 0 Å². The predicted molar refractivity (Wildman–Crippen MR) is 57.8 cm³/mol. The second kappa shape index (κ2) is 4.24. The molecule has 1 aromatic carbocycles. The molecular weight excluding hydrogens is 174 g/mol. The summed E-state index contributed by atoms with van der Waals surface area (Å²) < 4.78 is 0. The zero-order valence-electron chi connectivity index (χ0n) is 8.11. The first-order valence-corrected chi connectivity index (χ1v) is 4.98. The minimum Gasteiger partial charge on any atom is -0.312 e. The van der Waals surface area contributed by atoms with E-state index in [9.17, 15) is 0 Å². The van der Waals surface area contributed by atoms with Gasteiger partial charge in [0, 0.05) is 6.42 Å². The highest BCUT2D eigenvalue weighted by atomic mass is 15.3. The van der Waals surface area contributed by atoms with Gasteiger partial charge in [-0.25, -0.2) is 5.84 Å². The monoisotopic (exact) mass is 189 g/mol. The molecular formula is C11H15N3. The van der Waals surface area contributed by atoms with Crippen LogP contribution in [0.3, 0.4) is 0 Å². The Bertz CT molecular complexity index is 319. The zero-order valence-corrected chi connectivity index (χ0v) is 8.11. The Kier molecular flexibility index (Phi) is 2.79. The van der Waals surface area contributed by atoms with Crippen molar-refractivity contribution in [3.8, 4) is 0 Å². The van der Waals surface area contributed by atoms with Crippen LogP contribution in [-0.4, -0.2) is 5.84 Å². The Morgan fingerprint density at radius 1 is 1.29 bits per heavy atom. The van der Waals surface area contributed by atoms with E-state index in [0.717, 1.165) is 25.1 Å². The zero-order chi connectivity index (χ0) is 9.80. The first kappa shape index (κ1) is 9.21. The Morgan fingerprint density at radius 2 is 2.07 bits per heavy atom. The molecule has 3 heteroatoms. The first-order chi connectivity index (χ1) is 6.90. The fraction of sp³-hybridized carbons (Fsp3) is 0.364. The van der Waals surface area contributed by atoms with Crippen LogP contribution in [0, 0.1) is 0 Å². The van der Waals surface area contributed by atoms with Gasteiger partial charge in [-0.05, 0) is 18.4 Å². The lowest BCUT2D eigenvalue weighted by Crippen LogP contribution is -2.32. The molecule has 0 saturated carbocycles. The average Bonchev–Trinajstić information content (AvgIpc) is 2.30. The maximum Gasteiger partial charge on any atom is 0.111 e. The van der Waals surface area contributed by atoms with Crippen molar-refractivity contribution < 1.29 is 0 Å². The van der Waals surface area contributed by atoms with Gasteiger partial charge in [0.25, 0.3) is 0 Å². The highest BCUT2D eigenvalue weighted by Crippen LogP contribution is 2.26. The smallest absolute Gasteiger partial charge is 0.111 e. The molecule has 0 spiro atoms. The van der Waals surface area contributed by atoms with E-state index in [0.29, 0.717) is 0 Å². The number of benzene rings is 1. The second-order valence-electron chi connectivity index (χ2n) is 3.54. The number of nitrogens with two attached hydrogens (primary N) is 1. The molecule has 0 saturated heterocycles. The van der Waals surface area contributed by atoms with Crippen LogP contribution in [0.2, 0.25) is 0 Å². The van der Waals surface area contributed by atoms with Crippen molar-refractivity contribution in [1.29, 1.82) is 0 Å². The summed E-state index contributed by atoms with van der Waals surface area (Å²) >= 11 is 0. The lowest BCUT2D eigenvalue weighted by Gasteiger charge is -2.20. The third-order valence-corrected chi connectivity index (χ3v) is 2.55. The van der Waals surface area contributed by atoms with Crippen LogP contribution in [0.5, 0.6) is 0 Å². The number of nitrogens with one attached hydrogen (secondary N) is 1. The van der Waals surface area contributed by atoms with Gasteiger partial charge in [-0.3, -0.25) is 4.99 Å². The van der Waals surface area contributed by atoms with Crippen LogP contribution >= 0.6 is 0 Å². The summed E-state index contributed by atoms with van der Waals surface area (Å²) in [6.45, 7) is 0. The van der Waals surface area contributed by atoms with E-state index in [-0.39, 0.29) is 6.04 Å². The average molecular weight is 189 g/mol. The van der Waals surface area contributed by atoms with Gasteiger partial charge in [-0.1, -0.05) is 30.3 Å². The third kappa shape index (κ3) is 1.93. The standard InChI is InChI=1S/C11H15N3/c12-14-11-8-4-7-10(13-11)9-5-2-1-3-6-9/h1-3,5-6,10H,4,7-8,12H2,(H,13,14)/t10-/m1/s1. The van der Waals surface area contributed by atoms with Crippen LogP contribution in [0.15, 0.2) is 35.3 Å². The molecule has 1 aliphatic heterocycles.